The SMILES string of the molecule is CCOc1cc(/C=C2\SC(=O)N(CC(=O)Nc3ccccc3OC)C2=O)cc(Cl)c1OCc1ccccc1. The molecular weight excluding hydrogens is 528 g/mol. The third-order valence-corrected chi connectivity index (χ3v) is 6.60. The molecule has 4 rings (SSSR count). The summed E-state index contributed by atoms with van der Waals surface area (Å²) in [7, 11) is 1.48. The molecule has 1 fully saturated rings. The maximum Gasteiger partial charge on any atom is 0.294 e. The van der Waals surface area contributed by atoms with Gasteiger partial charge >= 0.3 is 0 Å². The summed E-state index contributed by atoms with van der Waals surface area (Å²) < 4.78 is 16.9. The van der Waals surface area contributed by atoms with Crippen molar-refractivity contribution >= 4 is 52.2 Å². The number of nitrogens with one attached hydrogen (secondary N) is 1. The second kappa shape index (κ2) is 12.5. The molecular formula is C28H25ClN2O6S. The van der Waals surface area contributed by atoms with E-state index in [2.05, 4.69) is 5.32 Å². The smallest absolute Gasteiger partial charge is 0.294 e. The summed E-state index contributed by atoms with van der Waals surface area (Å²) in [6.07, 6.45) is 1.54. The summed E-state index contributed by atoms with van der Waals surface area (Å²) in [4.78, 5) is 39.2. The average molecular weight is 553 g/mol. The molecule has 0 atom stereocenters. The summed E-state index contributed by atoms with van der Waals surface area (Å²) in [6, 6.07) is 19.8. The van der Waals surface area contributed by atoms with Gasteiger partial charge in [0.15, 0.2) is 11.5 Å². The first-order valence-corrected chi connectivity index (χ1v) is 12.9. The lowest BCUT2D eigenvalue weighted by Gasteiger charge is -2.15. The number of benzene rings is 3. The number of imide groups is 1. The largest absolute Gasteiger partial charge is 0.495 e. The lowest BCUT2D eigenvalue weighted by Crippen LogP contribution is -2.36. The molecule has 0 aromatic heterocycles. The van der Waals surface area contributed by atoms with Crippen LogP contribution in [0.25, 0.3) is 6.08 Å². The van der Waals surface area contributed by atoms with Crippen molar-refractivity contribution in [2.45, 2.75) is 13.5 Å². The van der Waals surface area contributed by atoms with E-state index < -0.39 is 23.6 Å². The molecule has 1 N–H and O–H groups in total. The number of para-hydroxylation sites is 2. The topological polar surface area (TPSA) is 94.2 Å². The van der Waals surface area contributed by atoms with Gasteiger partial charge in [-0.15, -0.1) is 0 Å². The molecule has 196 valence electrons. The molecule has 0 saturated carbocycles. The number of ether oxygens (including phenoxy) is 3. The Morgan fingerprint density at radius 3 is 2.50 bits per heavy atom. The van der Waals surface area contributed by atoms with Gasteiger partial charge in [-0.25, -0.2) is 0 Å². The fourth-order valence-corrected chi connectivity index (χ4v) is 4.78. The summed E-state index contributed by atoms with van der Waals surface area (Å²) in [6.45, 7) is 2.08. The van der Waals surface area contributed by atoms with E-state index in [1.807, 2.05) is 37.3 Å². The second-order valence-electron chi connectivity index (χ2n) is 8.05. The third kappa shape index (κ3) is 6.48. The predicted molar refractivity (Wildman–Crippen MR) is 148 cm³/mol. The van der Waals surface area contributed by atoms with Gasteiger partial charge in [0.05, 0.1) is 29.3 Å². The molecule has 3 amide bonds. The summed E-state index contributed by atoms with van der Waals surface area (Å²) in [5.41, 5.74) is 1.96. The second-order valence-corrected chi connectivity index (χ2v) is 9.45. The Kier molecular flexibility index (Phi) is 8.93. The highest BCUT2D eigenvalue weighted by atomic mass is 35.5. The number of anilines is 1. The summed E-state index contributed by atoms with van der Waals surface area (Å²) in [5.74, 6) is 0.162. The van der Waals surface area contributed by atoms with E-state index >= 15 is 0 Å². The van der Waals surface area contributed by atoms with E-state index in [0.29, 0.717) is 46.7 Å². The van der Waals surface area contributed by atoms with Crippen LogP contribution in [0.4, 0.5) is 10.5 Å². The Balaban J connectivity index is 1.49. The Labute approximate surface area is 229 Å². The lowest BCUT2D eigenvalue weighted by atomic mass is 10.1. The maximum absolute atomic E-state index is 13.0. The molecule has 38 heavy (non-hydrogen) atoms. The average Bonchev–Trinajstić information content (AvgIpc) is 3.16. The van der Waals surface area contributed by atoms with Crippen molar-refractivity contribution in [3.8, 4) is 17.2 Å². The van der Waals surface area contributed by atoms with Crippen LogP contribution in [-0.4, -0.2) is 42.2 Å². The highest BCUT2D eigenvalue weighted by molar-refractivity contribution is 8.18. The van der Waals surface area contributed by atoms with Crippen molar-refractivity contribution in [1.29, 1.82) is 0 Å². The quantitative estimate of drug-likeness (QED) is 0.308. The number of methoxy groups -OCH3 is 1. The fraction of sp³-hybridized carbons (Fsp3) is 0.179. The fourth-order valence-electron chi connectivity index (χ4n) is 3.67. The minimum atomic E-state index is -0.575. The van der Waals surface area contributed by atoms with E-state index in [1.54, 1.807) is 42.5 Å². The molecule has 0 spiro atoms. The van der Waals surface area contributed by atoms with Gasteiger partial charge in [-0.3, -0.25) is 19.3 Å². The molecule has 10 heteroatoms. The molecule has 1 saturated heterocycles. The molecule has 3 aromatic rings. The molecule has 8 nitrogen and oxygen atoms in total. The number of hydrogen-bond acceptors (Lipinski definition) is 7. The highest BCUT2D eigenvalue weighted by Gasteiger charge is 2.36. The number of carbonyl (C=O) groups excluding carboxylic acids is 3. The van der Waals surface area contributed by atoms with Crippen LogP contribution >= 0.6 is 23.4 Å². The predicted octanol–water partition coefficient (Wildman–Crippen LogP) is 6.00. The molecule has 3 aromatic carbocycles. The number of rotatable bonds is 10. The zero-order valence-corrected chi connectivity index (χ0v) is 22.3. The van der Waals surface area contributed by atoms with E-state index in [-0.39, 0.29) is 4.91 Å². The van der Waals surface area contributed by atoms with Crippen LogP contribution in [0.2, 0.25) is 5.02 Å². The van der Waals surface area contributed by atoms with Gasteiger partial charge in [0.1, 0.15) is 18.9 Å². The number of thioether (sulfide) groups is 1. The first-order valence-electron chi connectivity index (χ1n) is 11.7. The zero-order chi connectivity index (χ0) is 27.1. The van der Waals surface area contributed by atoms with E-state index in [9.17, 15) is 14.4 Å². The van der Waals surface area contributed by atoms with Crippen LogP contribution in [0.1, 0.15) is 18.1 Å². The van der Waals surface area contributed by atoms with Gasteiger partial charge in [0, 0.05) is 0 Å². The van der Waals surface area contributed by atoms with Crippen molar-refractivity contribution in [3.63, 3.8) is 0 Å². The summed E-state index contributed by atoms with van der Waals surface area (Å²) >= 11 is 7.27. The maximum atomic E-state index is 13.0. The van der Waals surface area contributed by atoms with Crippen molar-refractivity contribution in [3.05, 3.63) is 87.8 Å². The van der Waals surface area contributed by atoms with Gasteiger partial charge in [0.2, 0.25) is 5.91 Å². The van der Waals surface area contributed by atoms with E-state index in [4.69, 9.17) is 25.8 Å². The Hall–Kier alpha value is -3.95. The number of nitrogens with zero attached hydrogens (tertiary/aromatic N) is 1. The Morgan fingerprint density at radius 2 is 1.76 bits per heavy atom. The zero-order valence-electron chi connectivity index (χ0n) is 20.7. The Morgan fingerprint density at radius 1 is 1.03 bits per heavy atom. The molecule has 0 bridgehead atoms. The minimum absolute atomic E-state index is 0.163. The normalized spacial score (nSPS) is 14.1. The van der Waals surface area contributed by atoms with E-state index in [1.165, 1.54) is 7.11 Å². The van der Waals surface area contributed by atoms with Gasteiger partial charge < -0.3 is 19.5 Å². The number of hydrogen-bond donors (Lipinski definition) is 1. The van der Waals surface area contributed by atoms with Crippen molar-refractivity contribution < 1.29 is 28.6 Å². The monoisotopic (exact) mass is 552 g/mol. The van der Waals surface area contributed by atoms with Crippen LogP contribution in [0.3, 0.4) is 0 Å². The standard InChI is InChI=1S/C28H25ClN2O6S/c1-3-36-23-14-19(13-20(29)26(23)37-17-18-9-5-4-6-10-18)15-24-27(33)31(28(34)38-24)16-25(32)30-21-11-7-8-12-22(21)35-2/h4-15H,3,16-17H2,1-2H3,(H,30,32)/b24-15-. The van der Waals surface area contributed by atoms with Gasteiger partial charge in [0.25, 0.3) is 11.1 Å². The lowest BCUT2D eigenvalue weighted by molar-refractivity contribution is -0.127. The third-order valence-electron chi connectivity index (χ3n) is 5.41. The molecule has 1 aliphatic rings. The number of amides is 3. The number of carbonyl (C=O) groups is 3. The molecule has 0 aliphatic carbocycles. The van der Waals surface area contributed by atoms with Crippen LogP contribution < -0.4 is 19.5 Å². The van der Waals surface area contributed by atoms with Crippen molar-refractivity contribution in [1.82, 2.24) is 4.90 Å². The molecule has 1 heterocycles. The molecule has 1 aliphatic heterocycles. The van der Waals surface area contributed by atoms with E-state index in [0.717, 1.165) is 22.2 Å². The molecule has 0 unspecified atom stereocenters. The van der Waals surface area contributed by atoms with Gasteiger partial charge in [-0.05, 0) is 60.2 Å². The first kappa shape index (κ1) is 27.1. The van der Waals surface area contributed by atoms with Gasteiger partial charge in [-0.1, -0.05) is 54.1 Å². The first-order chi connectivity index (χ1) is 18.4. The number of halogens is 1. The van der Waals surface area contributed by atoms with Crippen molar-refractivity contribution in [2.75, 3.05) is 25.6 Å². The highest BCUT2D eigenvalue weighted by Crippen LogP contribution is 2.39. The molecule has 0 radical (unpaired) electrons. The Bertz CT molecular complexity index is 1380. The van der Waals surface area contributed by atoms with Crippen LogP contribution in [0.15, 0.2) is 71.6 Å². The van der Waals surface area contributed by atoms with Crippen LogP contribution in [0, 0.1) is 0 Å². The van der Waals surface area contributed by atoms with Crippen LogP contribution in [0.5, 0.6) is 17.2 Å². The minimum Gasteiger partial charge on any atom is -0.495 e. The van der Waals surface area contributed by atoms with Crippen molar-refractivity contribution in [2.24, 2.45) is 0 Å². The summed E-state index contributed by atoms with van der Waals surface area (Å²) in [5, 5.41) is 2.42. The van der Waals surface area contributed by atoms with Crippen LogP contribution in [-0.2, 0) is 16.2 Å². The van der Waals surface area contributed by atoms with Gasteiger partial charge in [-0.2, -0.15) is 0 Å².